The lowest BCUT2D eigenvalue weighted by Crippen LogP contribution is -2.70. The Balaban J connectivity index is 1.82. The molecule has 0 bridgehead atoms. The summed E-state index contributed by atoms with van der Waals surface area (Å²) in [6.45, 7) is 1.63. The normalized spacial score (nSPS) is 22.3. The number of carboxylic acid groups (broad SMARTS) is 1. The van der Waals surface area contributed by atoms with E-state index in [0.717, 1.165) is 15.8 Å². The average Bonchev–Trinajstić information content (AvgIpc) is 2.93. The molecule has 1 aromatic heterocycles. The van der Waals surface area contributed by atoms with Crippen molar-refractivity contribution in [3.63, 3.8) is 0 Å². The van der Waals surface area contributed by atoms with Crippen LogP contribution in [0.3, 0.4) is 0 Å². The number of β-lactam (4-membered cyclic amide) rings is 1. The Bertz CT molecular complexity index is 846. The van der Waals surface area contributed by atoms with E-state index < -0.39 is 39.8 Å². The number of thioether (sulfide) groups is 1. The van der Waals surface area contributed by atoms with Crippen molar-refractivity contribution < 1.29 is 24.4 Å². The molecule has 3 rings (SSSR count). The predicted octanol–water partition coefficient (Wildman–Crippen LogP) is -0.300. The maximum atomic E-state index is 12.4. The third-order valence-corrected chi connectivity index (χ3v) is 5.40. The summed E-state index contributed by atoms with van der Waals surface area (Å²) in [6, 6.07) is -0.950. The van der Waals surface area contributed by atoms with Gasteiger partial charge in [-0.3, -0.25) is 29.3 Å². The van der Waals surface area contributed by atoms with Crippen LogP contribution in [0.5, 0.6) is 0 Å². The van der Waals surface area contributed by atoms with Crippen molar-refractivity contribution in [3.05, 3.63) is 33.3 Å². The van der Waals surface area contributed by atoms with E-state index in [-0.39, 0.29) is 11.4 Å². The van der Waals surface area contributed by atoms with Gasteiger partial charge >= 0.3 is 11.7 Å². The molecule has 2 atom stereocenters. The summed E-state index contributed by atoms with van der Waals surface area (Å²) in [6.07, 6.45) is 0.952. The molecule has 1 saturated heterocycles. The molecule has 1 aromatic rings. The Morgan fingerprint density at radius 2 is 2.20 bits per heavy atom. The first kappa shape index (κ1) is 17.0. The zero-order valence-electron chi connectivity index (χ0n) is 13.1. The van der Waals surface area contributed by atoms with Gasteiger partial charge in [-0.2, -0.15) is 5.10 Å². The van der Waals surface area contributed by atoms with Crippen molar-refractivity contribution >= 4 is 35.2 Å². The number of nitro groups is 1. The molecule has 25 heavy (non-hydrogen) atoms. The monoisotopic (exact) mass is 367 g/mol. The highest BCUT2D eigenvalue weighted by Gasteiger charge is 2.54. The van der Waals surface area contributed by atoms with Gasteiger partial charge in [0.1, 0.15) is 23.3 Å². The molecular weight excluding hydrogens is 354 g/mol. The van der Waals surface area contributed by atoms with Crippen molar-refractivity contribution in [2.24, 2.45) is 7.05 Å². The largest absolute Gasteiger partial charge is 0.477 e. The molecule has 2 amide bonds. The highest BCUT2D eigenvalue weighted by molar-refractivity contribution is 8.00. The van der Waals surface area contributed by atoms with Crippen LogP contribution in [0.15, 0.2) is 17.5 Å². The molecule has 132 valence electrons. The summed E-state index contributed by atoms with van der Waals surface area (Å²) < 4.78 is 1.05. The molecule has 1 fully saturated rings. The van der Waals surface area contributed by atoms with Crippen molar-refractivity contribution in [1.29, 1.82) is 0 Å². The fourth-order valence-electron chi connectivity index (χ4n) is 2.81. The Labute approximate surface area is 144 Å². The number of nitrogens with one attached hydrogen (secondary N) is 1. The number of fused-ring (bicyclic) bond motifs is 1. The van der Waals surface area contributed by atoms with Crippen LogP contribution in [0.2, 0.25) is 0 Å². The van der Waals surface area contributed by atoms with Crippen LogP contribution in [0, 0.1) is 10.1 Å². The van der Waals surface area contributed by atoms with Gasteiger partial charge in [0.05, 0.1) is 4.92 Å². The number of carbonyl (C=O) groups is 3. The van der Waals surface area contributed by atoms with Gasteiger partial charge < -0.3 is 10.4 Å². The molecule has 0 spiro atoms. The van der Waals surface area contributed by atoms with E-state index >= 15 is 0 Å². The third-order valence-electron chi connectivity index (χ3n) is 3.98. The average molecular weight is 367 g/mol. The first-order valence-corrected chi connectivity index (χ1v) is 8.14. The number of hydrogen-bond acceptors (Lipinski definition) is 7. The second-order valence-corrected chi connectivity index (χ2v) is 6.66. The second kappa shape index (κ2) is 5.88. The molecule has 12 heteroatoms. The van der Waals surface area contributed by atoms with Crippen LogP contribution in [0.25, 0.3) is 0 Å². The van der Waals surface area contributed by atoms with Gasteiger partial charge in [-0.25, -0.2) is 4.79 Å². The van der Waals surface area contributed by atoms with Crippen LogP contribution in [0.4, 0.5) is 5.69 Å². The zero-order chi connectivity index (χ0) is 18.5. The maximum absolute atomic E-state index is 12.4. The first-order valence-electron chi connectivity index (χ1n) is 7.09. The van der Waals surface area contributed by atoms with Crippen molar-refractivity contribution in [1.82, 2.24) is 20.0 Å². The van der Waals surface area contributed by atoms with Gasteiger partial charge in [0.25, 0.3) is 11.8 Å². The molecule has 2 aliphatic heterocycles. The number of aromatic nitrogens is 2. The van der Waals surface area contributed by atoms with Gasteiger partial charge in [-0.15, -0.1) is 11.8 Å². The highest BCUT2D eigenvalue weighted by atomic mass is 32.2. The van der Waals surface area contributed by atoms with Gasteiger partial charge in [0, 0.05) is 12.8 Å². The standard InChI is InChI=1S/C13H13N5O6S/c1-5-4-25-12-7(11(20)17(12)8(5)13(21)22)15-10(19)9-6(18(23)24)3-14-16(9)2/h3,7,12H,4H2,1-2H3,(H,15,19)(H,21,22)/t7-,12+/m0/s1. The van der Waals surface area contributed by atoms with Crippen molar-refractivity contribution in [2.45, 2.75) is 18.3 Å². The summed E-state index contributed by atoms with van der Waals surface area (Å²) in [7, 11) is 1.38. The lowest BCUT2D eigenvalue weighted by molar-refractivity contribution is -0.385. The van der Waals surface area contributed by atoms with Gasteiger partial charge in [0.15, 0.2) is 0 Å². The number of aliphatic carboxylic acids is 1. The molecule has 0 saturated carbocycles. The zero-order valence-corrected chi connectivity index (χ0v) is 13.9. The van der Waals surface area contributed by atoms with Crippen LogP contribution in [0.1, 0.15) is 17.4 Å². The van der Waals surface area contributed by atoms with E-state index in [1.807, 2.05) is 0 Å². The summed E-state index contributed by atoms with van der Waals surface area (Å²) in [5.74, 6) is -2.17. The van der Waals surface area contributed by atoms with Crippen LogP contribution in [-0.2, 0) is 16.6 Å². The smallest absolute Gasteiger partial charge is 0.352 e. The minimum Gasteiger partial charge on any atom is -0.477 e. The second-order valence-electron chi connectivity index (χ2n) is 5.55. The quantitative estimate of drug-likeness (QED) is 0.419. The summed E-state index contributed by atoms with van der Waals surface area (Å²) in [5.41, 5.74) is -0.260. The number of carbonyl (C=O) groups excluding carboxylic acids is 2. The Morgan fingerprint density at radius 1 is 1.52 bits per heavy atom. The number of aryl methyl sites for hydroxylation is 1. The predicted molar refractivity (Wildman–Crippen MR) is 84.5 cm³/mol. The summed E-state index contributed by atoms with van der Waals surface area (Å²) in [5, 5.41) is 25.8. The number of hydrogen-bond donors (Lipinski definition) is 2. The molecule has 11 nitrogen and oxygen atoms in total. The SMILES string of the molecule is CC1=C(C(=O)O)N2C(=O)[C@H](NC(=O)c3c([N+](=O)[O-])cnn3C)[C@H]2SC1. The Kier molecular flexibility index (Phi) is 3.99. The van der Waals surface area contributed by atoms with Crippen molar-refractivity contribution in [3.8, 4) is 0 Å². The first-order chi connectivity index (χ1) is 11.7. The lowest BCUT2D eigenvalue weighted by Gasteiger charge is -2.49. The number of carboxylic acids is 1. The van der Waals surface area contributed by atoms with E-state index in [1.54, 1.807) is 6.92 Å². The lowest BCUT2D eigenvalue weighted by atomic mass is 10.0. The summed E-state index contributed by atoms with van der Waals surface area (Å²) in [4.78, 5) is 47.4. The fraction of sp³-hybridized carbons (Fsp3) is 0.385. The molecule has 2 aliphatic rings. The van der Waals surface area contributed by atoms with E-state index in [4.69, 9.17) is 0 Å². The van der Waals surface area contributed by atoms with Gasteiger partial charge in [-0.05, 0) is 12.5 Å². The van der Waals surface area contributed by atoms with Crippen LogP contribution in [-0.4, -0.2) is 59.7 Å². The summed E-state index contributed by atoms with van der Waals surface area (Å²) >= 11 is 1.32. The Morgan fingerprint density at radius 3 is 2.80 bits per heavy atom. The van der Waals surface area contributed by atoms with Crippen LogP contribution < -0.4 is 5.32 Å². The topological polar surface area (TPSA) is 148 Å². The minimum absolute atomic E-state index is 0.0780. The maximum Gasteiger partial charge on any atom is 0.352 e. The molecule has 0 aromatic carbocycles. The molecule has 0 radical (unpaired) electrons. The number of rotatable bonds is 4. The van der Waals surface area contributed by atoms with E-state index in [1.165, 1.54) is 18.8 Å². The van der Waals surface area contributed by atoms with Gasteiger partial charge in [-0.1, -0.05) is 0 Å². The Hall–Kier alpha value is -2.89. The molecule has 0 unspecified atom stereocenters. The van der Waals surface area contributed by atoms with Crippen LogP contribution >= 0.6 is 11.8 Å². The molecule has 2 N–H and O–H groups in total. The van der Waals surface area contributed by atoms with Gasteiger partial charge in [0.2, 0.25) is 5.69 Å². The molecule has 3 heterocycles. The van der Waals surface area contributed by atoms with E-state index in [2.05, 4.69) is 10.4 Å². The minimum atomic E-state index is -1.21. The van der Waals surface area contributed by atoms with E-state index in [0.29, 0.717) is 11.3 Å². The van der Waals surface area contributed by atoms with Crippen molar-refractivity contribution in [2.75, 3.05) is 5.75 Å². The third kappa shape index (κ3) is 2.54. The molecule has 0 aliphatic carbocycles. The number of amides is 2. The molecular formula is C13H13N5O6S. The fourth-order valence-corrected chi connectivity index (χ4v) is 4.10. The van der Waals surface area contributed by atoms with E-state index in [9.17, 15) is 29.6 Å². The number of nitrogens with zero attached hydrogens (tertiary/aromatic N) is 4. The highest BCUT2D eigenvalue weighted by Crippen LogP contribution is 2.40.